The van der Waals surface area contributed by atoms with Gasteiger partial charge >= 0.3 is 5.97 Å². The molecule has 0 radical (unpaired) electrons. The van der Waals surface area contributed by atoms with E-state index in [4.69, 9.17) is 9.47 Å². The lowest BCUT2D eigenvalue weighted by Gasteiger charge is -2.23. The second-order valence-corrected chi connectivity index (χ2v) is 10.5. The smallest absolute Gasteiger partial charge is 0.338 e. The summed E-state index contributed by atoms with van der Waals surface area (Å²) in [6, 6.07) is 26.4. The molecule has 1 heterocycles. The molecular formula is C32H39IN2O3. The number of halogens is 1. The maximum absolute atomic E-state index is 12.4. The fourth-order valence-electron chi connectivity index (χ4n) is 4.42. The highest BCUT2D eigenvalue weighted by atomic mass is 127. The molecule has 38 heavy (non-hydrogen) atoms. The Bertz CT molecular complexity index is 1300. The van der Waals surface area contributed by atoms with Crippen LogP contribution in [0.3, 0.4) is 0 Å². The van der Waals surface area contributed by atoms with E-state index in [1.54, 1.807) is 0 Å². The van der Waals surface area contributed by atoms with Crippen molar-refractivity contribution < 1.29 is 38.2 Å². The van der Waals surface area contributed by atoms with Crippen molar-refractivity contribution in [3.63, 3.8) is 0 Å². The van der Waals surface area contributed by atoms with Crippen molar-refractivity contribution in [1.82, 2.24) is 9.05 Å². The molecule has 0 fully saturated rings. The summed E-state index contributed by atoms with van der Waals surface area (Å²) in [7, 11) is 6.26. The van der Waals surface area contributed by atoms with E-state index >= 15 is 0 Å². The predicted octanol–water partition coefficient (Wildman–Crippen LogP) is 4.23. The highest BCUT2D eigenvalue weighted by Gasteiger charge is 2.15. The van der Waals surface area contributed by atoms with Crippen LogP contribution >= 0.6 is 0 Å². The molecule has 0 amide bonds. The number of unbranched alkanes of at least 4 members (excludes halogenated alkanes) is 4. The monoisotopic (exact) mass is 626 g/mol. The molecular weight excluding hydrogens is 587 g/mol. The quantitative estimate of drug-likeness (QED) is 0.0967. The number of quaternary nitrogens is 1. The Labute approximate surface area is 244 Å². The summed E-state index contributed by atoms with van der Waals surface area (Å²) in [4.78, 5) is 12.4. The topological polar surface area (TPSA) is 40.5 Å². The van der Waals surface area contributed by atoms with Crippen molar-refractivity contribution in [2.75, 3.05) is 27.7 Å². The van der Waals surface area contributed by atoms with Gasteiger partial charge in [-0.05, 0) is 54.8 Å². The number of hydrogen-bond acceptors (Lipinski definition) is 3. The van der Waals surface area contributed by atoms with Gasteiger partial charge in [-0.2, -0.15) is 0 Å². The van der Waals surface area contributed by atoms with E-state index in [9.17, 15) is 4.79 Å². The van der Waals surface area contributed by atoms with Gasteiger partial charge in [0, 0.05) is 29.7 Å². The van der Waals surface area contributed by atoms with E-state index in [1.807, 2.05) is 42.5 Å². The molecule has 0 aliphatic heterocycles. The fraction of sp³-hybridized carbons (Fsp3) is 0.344. The zero-order valence-corrected chi connectivity index (χ0v) is 24.9. The number of rotatable bonds is 13. The van der Waals surface area contributed by atoms with Crippen LogP contribution in [0.2, 0.25) is 0 Å². The Morgan fingerprint density at radius 1 is 0.816 bits per heavy atom. The molecule has 0 N–H and O–H groups in total. The number of benzene rings is 3. The van der Waals surface area contributed by atoms with E-state index in [0.717, 1.165) is 50.1 Å². The zero-order valence-electron chi connectivity index (χ0n) is 22.7. The summed E-state index contributed by atoms with van der Waals surface area (Å²) in [6.07, 6.45) is 7.58. The van der Waals surface area contributed by atoms with Crippen molar-refractivity contribution in [1.29, 1.82) is 0 Å². The molecule has 0 bridgehead atoms. The molecule has 1 aromatic heterocycles. The molecule has 3 aromatic carbocycles. The van der Waals surface area contributed by atoms with E-state index in [2.05, 4.69) is 68.3 Å². The standard InChI is InChI=1S/C32H39N2O3.HI/c1-34(2,3)29-16-12-15-28(23-29)32(35)36-22-11-6-4-5-10-20-33-21-19-27-24-30(17-18-31(27)33)37-25-26-13-8-7-9-14-26;/h7-9,12-19,21,23-24H,4-6,10-11,20,22,25H2,1-3H3;1H/q+1;/p-1. The van der Waals surface area contributed by atoms with Crippen LogP contribution in [0.25, 0.3) is 10.9 Å². The summed E-state index contributed by atoms with van der Waals surface area (Å²) in [5.41, 5.74) is 4.12. The average Bonchev–Trinajstić information content (AvgIpc) is 3.31. The molecule has 202 valence electrons. The van der Waals surface area contributed by atoms with Crippen LogP contribution in [0, 0.1) is 0 Å². The highest BCUT2D eigenvalue weighted by molar-refractivity contribution is 5.90. The van der Waals surface area contributed by atoms with Crippen LogP contribution in [0.1, 0.15) is 48.0 Å². The lowest BCUT2D eigenvalue weighted by atomic mass is 10.1. The second kappa shape index (κ2) is 14.4. The number of fused-ring (bicyclic) bond motifs is 1. The number of aromatic nitrogens is 1. The number of hydrogen-bond donors (Lipinski definition) is 0. The first-order chi connectivity index (χ1) is 17.9. The average molecular weight is 627 g/mol. The molecule has 0 saturated carbocycles. The minimum absolute atomic E-state index is 0. The lowest BCUT2D eigenvalue weighted by molar-refractivity contribution is -0.0000264. The van der Waals surface area contributed by atoms with Gasteiger partial charge in [0.25, 0.3) is 0 Å². The Balaban J connectivity index is 0.00000400. The molecule has 0 saturated heterocycles. The second-order valence-electron chi connectivity index (χ2n) is 10.5. The first-order valence-electron chi connectivity index (χ1n) is 13.2. The third-order valence-corrected chi connectivity index (χ3v) is 6.62. The van der Waals surface area contributed by atoms with Crippen molar-refractivity contribution in [3.05, 3.63) is 96.2 Å². The summed E-state index contributed by atoms with van der Waals surface area (Å²) in [5.74, 6) is 0.666. The molecule has 5 nitrogen and oxygen atoms in total. The minimum atomic E-state index is -0.233. The molecule has 6 heteroatoms. The van der Waals surface area contributed by atoms with Crippen molar-refractivity contribution in [3.8, 4) is 5.75 Å². The first kappa shape index (κ1) is 29.7. The molecule has 0 aliphatic rings. The van der Waals surface area contributed by atoms with E-state index in [1.165, 1.54) is 16.5 Å². The van der Waals surface area contributed by atoms with Gasteiger partial charge in [-0.15, -0.1) is 0 Å². The normalized spacial score (nSPS) is 11.2. The van der Waals surface area contributed by atoms with Gasteiger partial charge in [0.15, 0.2) is 0 Å². The van der Waals surface area contributed by atoms with Gasteiger partial charge in [0.05, 0.1) is 33.3 Å². The number of esters is 1. The van der Waals surface area contributed by atoms with E-state index < -0.39 is 0 Å². The molecule has 0 atom stereocenters. The van der Waals surface area contributed by atoms with Crippen LogP contribution in [-0.4, -0.2) is 38.3 Å². The van der Waals surface area contributed by atoms with Gasteiger partial charge in [-0.1, -0.05) is 55.7 Å². The van der Waals surface area contributed by atoms with Gasteiger partial charge in [0.1, 0.15) is 18.0 Å². The van der Waals surface area contributed by atoms with Crippen LogP contribution < -0.4 is 33.2 Å². The number of nitrogens with zero attached hydrogens (tertiary/aromatic N) is 2. The van der Waals surface area contributed by atoms with Crippen LogP contribution in [0.4, 0.5) is 5.69 Å². The Hall–Kier alpha value is -2.84. The van der Waals surface area contributed by atoms with Crippen LogP contribution in [0.15, 0.2) is 85.1 Å². The highest BCUT2D eigenvalue weighted by Crippen LogP contribution is 2.24. The lowest BCUT2D eigenvalue weighted by Crippen LogP contribution is -3.00. The van der Waals surface area contributed by atoms with Crippen molar-refractivity contribution in [2.45, 2.75) is 45.3 Å². The molecule has 0 aliphatic carbocycles. The number of carbonyl (C=O) groups is 1. The third-order valence-electron chi connectivity index (χ3n) is 6.62. The summed E-state index contributed by atoms with van der Waals surface area (Å²) in [6.45, 7) is 2.06. The summed E-state index contributed by atoms with van der Waals surface area (Å²) < 4.78 is 14.5. The number of ether oxygens (including phenoxy) is 2. The van der Waals surface area contributed by atoms with Gasteiger partial charge in [-0.25, -0.2) is 4.79 Å². The van der Waals surface area contributed by atoms with Gasteiger partial charge in [0.2, 0.25) is 0 Å². The molecule has 0 spiro atoms. The van der Waals surface area contributed by atoms with Gasteiger partial charge < -0.3 is 38.0 Å². The minimum Gasteiger partial charge on any atom is -1.00 e. The summed E-state index contributed by atoms with van der Waals surface area (Å²) in [5, 5.41) is 1.21. The van der Waals surface area contributed by atoms with Crippen molar-refractivity contribution >= 4 is 22.6 Å². The maximum Gasteiger partial charge on any atom is 0.338 e. The fourth-order valence-corrected chi connectivity index (χ4v) is 4.42. The Kier molecular flexibility index (Phi) is 11.2. The molecule has 4 aromatic rings. The Morgan fingerprint density at radius 3 is 2.37 bits per heavy atom. The first-order valence-corrected chi connectivity index (χ1v) is 13.2. The molecule has 0 unspecified atom stereocenters. The summed E-state index contributed by atoms with van der Waals surface area (Å²) >= 11 is 0. The Morgan fingerprint density at radius 2 is 1.58 bits per heavy atom. The van der Waals surface area contributed by atoms with Crippen LogP contribution in [0.5, 0.6) is 5.75 Å². The SMILES string of the molecule is C[N+](C)(C)c1cccc(C(=O)OCCCCCCCn2ccc3cc(OCc4ccccc4)ccc32)c1.[I-]. The van der Waals surface area contributed by atoms with Gasteiger partial charge in [-0.3, -0.25) is 4.48 Å². The van der Waals surface area contributed by atoms with Crippen molar-refractivity contribution in [2.24, 2.45) is 0 Å². The third kappa shape index (κ3) is 8.60. The maximum atomic E-state index is 12.4. The largest absolute Gasteiger partial charge is 1.00 e. The predicted molar refractivity (Wildman–Crippen MR) is 152 cm³/mol. The molecule has 4 rings (SSSR count). The zero-order chi connectivity index (χ0) is 26.1. The van der Waals surface area contributed by atoms with E-state index in [0.29, 0.717) is 23.3 Å². The number of aryl methyl sites for hydroxylation is 1. The van der Waals surface area contributed by atoms with E-state index in [-0.39, 0.29) is 29.9 Å². The van der Waals surface area contributed by atoms with Crippen LogP contribution in [-0.2, 0) is 17.9 Å². The number of carbonyl (C=O) groups excluding carboxylic acids is 1.